The lowest BCUT2D eigenvalue weighted by Crippen LogP contribution is -2.34. The first kappa shape index (κ1) is 60.2. The number of hydrogen-bond acceptors (Lipinski definition) is 13. The molecule has 0 bridgehead atoms. The fourth-order valence-corrected chi connectivity index (χ4v) is 6.91. The molecule has 5 unspecified atom stereocenters. The van der Waals surface area contributed by atoms with Gasteiger partial charge in [0.15, 0.2) is 12.4 Å². The summed E-state index contributed by atoms with van der Waals surface area (Å²) >= 11 is 0. The standard InChI is InChI=1S/C50H93NO12/c1-9-13-17-21-27-39(5)47(54)58-35-43(36-59-48(55)40(6)28-22-18-14-10-2)62-45(52)31-25-33-51-34-26-32-46(53)63-44(37-60-49(56)41(7)29-23-19-15-11-3)38-61-50(57)42(8)30-24-20-16-12-4/h39-45,51-52H,9-38H2,1-8H3. The average molecular weight is 900 g/mol. The van der Waals surface area contributed by atoms with Crippen LogP contribution in [0.3, 0.4) is 0 Å². The minimum Gasteiger partial charge on any atom is -0.463 e. The maximum atomic E-state index is 12.9. The Balaban J connectivity index is 4.99. The van der Waals surface area contributed by atoms with E-state index < -0.39 is 24.5 Å². The van der Waals surface area contributed by atoms with Gasteiger partial charge in [-0.05, 0) is 58.0 Å². The number of aliphatic hydroxyl groups excluding tert-OH is 1. The van der Waals surface area contributed by atoms with Crippen molar-refractivity contribution in [1.82, 2.24) is 5.32 Å². The molecule has 0 aliphatic rings. The molecule has 0 aromatic carbocycles. The topological polar surface area (TPSA) is 173 Å². The van der Waals surface area contributed by atoms with Crippen LogP contribution in [-0.2, 0) is 52.4 Å². The van der Waals surface area contributed by atoms with Crippen molar-refractivity contribution in [1.29, 1.82) is 0 Å². The van der Waals surface area contributed by atoms with Crippen LogP contribution in [0.5, 0.6) is 0 Å². The zero-order chi connectivity index (χ0) is 47.1. The summed E-state index contributed by atoms with van der Waals surface area (Å²) < 4.78 is 33.7. The molecule has 0 saturated carbocycles. The van der Waals surface area contributed by atoms with Crippen LogP contribution in [0.4, 0.5) is 0 Å². The van der Waals surface area contributed by atoms with Crippen molar-refractivity contribution in [3.05, 3.63) is 0 Å². The molecule has 0 radical (unpaired) electrons. The largest absolute Gasteiger partial charge is 0.463 e. The average Bonchev–Trinajstić information content (AvgIpc) is 3.27. The second-order valence-electron chi connectivity index (χ2n) is 17.8. The second-order valence-corrected chi connectivity index (χ2v) is 17.8. The van der Waals surface area contributed by atoms with Gasteiger partial charge >= 0.3 is 29.8 Å². The van der Waals surface area contributed by atoms with E-state index in [0.717, 1.165) is 128 Å². The van der Waals surface area contributed by atoms with E-state index in [1.54, 1.807) is 0 Å². The van der Waals surface area contributed by atoms with Crippen molar-refractivity contribution >= 4 is 29.8 Å². The highest BCUT2D eigenvalue weighted by atomic mass is 16.6. The van der Waals surface area contributed by atoms with Crippen molar-refractivity contribution in [3.8, 4) is 0 Å². The molecule has 13 heteroatoms. The number of aliphatic hydroxyl groups is 1. The number of rotatable bonds is 43. The summed E-state index contributed by atoms with van der Waals surface area (Å²) in [5.74, 6) is -2.97. The van der Waals surface area contributed by atoms with E-state index in [4.69, 9.17) is 28.4 Å². The minimum absolute atomic E-state index is 0.104. The third-order valence-corrected chi connectivity index (χ3v) is 11.4. The molecule has 0 rings (SSSR count). The lowest BCUT2D eigenvalue weighted by atomic mass is 10.0. The summed E-state index contributed by atoms with van der Waals surface area (Å²) in [6.07, 6.45) is 18.4. The normalized spacial score (nSPS) is 14.7. The van der Waals surface area contributed by atoms with Crippen LogP contribution < -0.4 is 5.32 Å². The Labute approximate surface area is 382 Å². The molecule has 0 spiro atoms. The number of carbonyl (C=O) groups is 5. The number of esters is 5. The zero-order valence-electron chi connectivity index (χ0n) is 41.2. The van der Waals surface area contributed by atoms with Crippen LogP contribution in [0, 0.1) is 23.7 Å². The minimum atomic E-state index is -1.17. The van der Waals surface area contributed by atoms with E-state index in [1.807, 2.05) is 27.7 Å². The number of carbonyl (C=O) groups excluding carboxylic acids is 5. The first-order valence-corrected chi connectivity index (χ1v) is 25.2. The highest BCUT2D eigenvalue weighted by Gasteiger charge is 2.25. The summed E-state index contributed by atoms with van der Waals surface area (Å²) in [7, 11) is 0. The molecule has 0 aromatic rings. The smallest absolute Gasteiger partial charge is 0.308 e. The summed E-state index contributed by atoms with van der Waals surface area (Å²) in [5, 5.41) is 14.0. The molecule has 370 valence electrons. The Hall–Kier alpha value is -2.77. The predicted octanol–water partition coefficient (Wildman–Crippen LogP) is 10.4. The van der Waals surface area contributed by atoms with Gasteiger partial charge in [-0.2, -0.15) is 0 Å². The lowest BCUT2D eigenvalue weighted by Gasteiger charge is -2.23. The van der Waals surface area contributed by atoms with E-state index in [2.05, 4.69) is 33.0 Å². The Morgan fingerprint density at radius 3 is 1.11 bits per heavy atom. The van der Waals surface area contributed by atoms with E-state index in [1.165, 1.54) is 0 Å². The van der Waals surface area contributed by atoms with E-state index in [9.17, 15) is 29.1 Å². The molecule has 0 aliphatic carbocycles. The molecule has 0 heterocycles. The van der Waals surface area contributed by atoms with E-state index in [-0.39, 0.29) is 86.8 Å². The van der Waals surface area contributed by atoms with Crippen LogP contribution in [-0.4, -0.2) is 93.0 Å². The zero-order valence-corrected chi connectivity index (χ0v) is 41.2. The van der Waals surface area contributed by atoms with Crippen LogP contribution in [0.2, 0.25) is 0 Å². The Bertz CT molecular complexity index is 1100. The van der Waals surface area contributed by atoms with Crippen molar-refractivity contribution in [2.24, 2.45) is 23.7 Å². The number of nitrogens with one attached hydrogen (secondary N) is 1. The molecular weight excluding hydrogens is 807 g/mol. The first-order valence-electron chi connectivity index (χ1n) is 25.2. The molecule has 2 N–H and O–H groups in total. The molecule has 0 amide bonds. The van der Waals surface area contributed by atoms with Crippen LogP contribution in [0.1, 0.15) is 209 Å². The molecule has 5 atom stereocenters. The van der Waals surface area contributed by atoms with Crippen LogP contribution in [0.15, 0.2) is 0 Å². The molecule has 0 aliphatic heterocycles. The third-order valence-electron chi connectivity index (χ3n) is 11.4. The highest BCUT2D eigenvalue weighted by molar-refractivity contribution is 5.73. The van der Waals surface area contributed by atoms with E-state index in [0.29, 0.717) is 25.9 Å². The summed E-state index contributed by atoms with van der Waals surface area (Å²) in [6, 6.07) is 0. The molecule has 0 fully saturated rings. The lowest BCUT2D eigenvalue weighted by molar-refractivity contribution is -0.185. The van der Waals surface area contributed by atoms with Gasteiger partial charge in [0, 0.05) is 6.42 Å². The summed E-state index contributed by atoms with van der Waals surface area (Å²) in [4.78, 5) is 63.7. The second kappa shape index (κ2) is 40.7. The summed E-state index contributed by atoms with van der Waals surface area (Å²) in [6.45, 7) is 16.3. The number of unbranched alkanes of at least 4 members (excludes halogenated alkanes) is 12. The van der Waals surface area contributed by atoms with Gasteiger partial charge in [-0.25, -0.2) is 0 Å². The van der Waals surface area contributed by atoms with Crippen molar-refractivity contribution in [2.75, 3.05) is 39.5 Å². The monoisotopic (exact) mass is 900 g/mol. The number of ether oxygens (including phenoxy) is 6. The van der Waals surface area contributed by atoms with E-state index >= 15 is 0 Å². The van der Waals surface area contributed by atoms with Crippen molar-refractivity contribution < 1.29 is 57.5 Å². The molecule has 0 saturated heterocycles. The van der Waals surface area contributed by atoms with Gasteiger partial charge in [0.25, 0.3) is 0 Å². The van der Waals surface area contributed by atoms with Gasteiger partial charge in [0.05, 0.1) is 23.7 Å². The van der Waals surface area contributed by atoms with Gasteiger partial charge in [0.2, 0.25) is 0 Å². The first-order chi connectivity index (χ1) is 30.3. The van der Waals surface area contributed by atoms with Gasteiger partial charge in [-0.15, -0.1) is 0 Å². The van der Waals surface area contributed by atoms with Crippen molar-refractivity contribution in [3.63, 3.8) is 0 Å². The predicted molar refractivity (Wildman–Crippen MR) is 248 cm³/mol. The SMILES string of the molecule is CCCCCCC(C)C(=O)OCC(COC(=O)C(C)CCCCCC)OC(=O)CCCNCCCC(O)OC(COC(=O)C(C)CCCCCC)COC(=O)C(C)CCCCCC. The molecule has 13 nitrogen and oxygen atoms in total. The Morgan fingerprint density at radius 2 is 0.762 bits per heavy atom. The van der Waals surface area contributed by atoms with Gasteiger partial charge < -0.3 is 38.8 Å². The third kappa shape index (κ3) is 34.3. The van der Waals surface area contributed by atoms with Crippen molar-refractivity contribution in [2.45, 2.75) is 228 Å². The Kier molecular flexibility index (Phi) is 38.9. The van der Waals surface area contributed by atoms with Gasteiger partial charge in [-0.1, -0.05) is 158 Å². The number of hydrogen-bond donors (Lipinski definition) is 2. The molecular formula is C50H93NO12. The fraction of sp³-hybridized carbons (Fsp3) is 0.900. The maximum absolute atomic E-state index is 12.9. The quantitative estimate of drug-likeness (QED) is 0.0256. The Morgan fingerprint density at radius 1 is 0.429 bits per heavy atom. The summed E-state index contributed by atoms with van der Waals surface area (Å²) in [5.41, 5.74) is 0. The van der Waals surface area contributed by atoms with Gasteiger partial charge in [0.1, 0.15) is 32.5 Å². The fourth-order valence-electron chi connectivity index (χ4n) is 6.91. The van der Waals surface area contributed by atoms with Crippen LogP contribution in [0.25, 0.3) is 0 Å². The highest BCUT2D eigenvalue weighted by Crippen LogP contribution is 2.17. The maximum Gasteiger partial charge on any atom is 0.308 e. The molecule has 0 aromatic heterocycles. The van der Waals surface area contributed by atoms with Crippen LogP contribution >= 0.6 is 0 Å². The van der Waals surface area contributed by atoms with Gasteiger partial charge in [-0.3, -0.25) is 24.0 Å². The molecule has 63 heavy (non-hydrogen) atoms.